The smallest absolute Gasteiger partial charge is 0.160 e. The van der Waals surface area contributed by atoms with Crippen molar-refractivity contribution >= 4 is 44.8 Å². The van der Waals surface area contributed by atoms with Crippen molar-refractivity contribution in [1.29, 1.82) is 0 Å². The molecule has 5 heteroatoms. The molecule has 5 nitrogen and oxygen atoms in total. The fourth-order valence-electron chi connectivity index (χ4n) is 10.8. The number of hydrogen-bond donors (Lipinski definition) is 0. The fraction of sp³-hybridized carbons (Fsp3) is 0.0588. The summed E-state index contributed by atoms with van der Waals surface area (Å²) in [5.74, 6) is 1.55. The van der Waals surface area contributed by atoms with Gasteiger partial charge in [-0.1, -0.05) is 195 Å². The Hall–Kier alpha value is -9.32. The van der Waals surface area contributed by atoms with Crippen LogP contribution >= 0.6 is 0 Å². The van der Waals surface area contributed by atoms with E-state index in [1.54, 1.807) is 0 Å². The Morgan fingerprint density at radius 2 is 1.08 bits per heavy atom. The number of para-hydroxylation sites is 3. The summed E-state index contributed by atoms with van der Waals surface area (Å²) in [6.45, 7) is 4.29. The van der Waals surface area contributed by atoms with Crippen molar-refractivity contribution in [3.05, 3.63) is 266 Å². The Balaban J connectivity index is 1.06. The van der Waals surface area contributed by atoms with Gasteiger partial charge in [0.05, 0.1) is 28.5 Å². The maximum Gasteiger partial charge on any atom is 0.160 e. The van der Waals surface area contributed by atoms with Crippen LogP contribution in [-0.2, 0) is 0 Å². The van der Waals surface area contributed by atoms with Gasteiger partial charge in [-0.2, -0.15) is 0 Å². The Morgan fingerprint density at radius 1 is 0.479 bits per heavy atom. The minimum absolute atomic E-state index is 0.0361. The summed E-state index contributed by atoms with van der Waals surface area (Å²) in [5.41, 5.74) is 17.9. The van der Waals surface area contributed by atoms with Crippen LogP contribution in [0.5, 0.6) is 5.75 Å². The first-order valence-corrected chi connectivity index (χ1v) is 25.1. The van der Waals surface area contributed by atoms with Crippen LogP contribution in [-0.4, -0.2) is 26.7 Å². The molecule has 0 saturated heterocycles. The lowest BCUT2D eigenvalue weighted by Crippen LogP contribution is -2.51. The van der Waals surface area contributed by atoms with E-state index in [9.17, 15) is 0 Å². The van der Waals surface area contributed by atoms with Crippen LogP contribution in [0, 0.1) is 0 Å². The first-order valence-electron chi connectivity index (χ1n) is 25.1. The largest absolute Gasteiger partial charge is 0.488 e. The second-order valence-corrected chi connectivity index (χ2v) is 18.9. The molecular formula is C68H50N4O. The summed E-state index contributed by atoms with van der Waals surface area (Å²) in [6.07, 6.45) is 10.4. The monoisotopic (exact) mass is 938 g/mol. The van der Waals surface area contributed by atoms with Crippen molar-refractivity contribution in [2.75, 3.05) is 4.90 Å². The number of nitrogens with zero attached hydrogens (tertiary/aromatic N) is 4. The standard InChI is InChI=1S/C68H50N4O/c1-2-46-21-16-24-52-43-56(44-65-67(52)60-33-14-15-34-63(60)72(65)54-26-8-4-9-27-54)71(64-39-40-66(64)73-57-29-10-5-11-30-57)55-28-18-23-51(42-55)59-32-13-12-31-58(59)50-22-17-25-53(41-50)68-69-61(48-19-6-3-7-20-48)45-62(70-68)49-37-35-47(46)36-38-49/h2-38,41-45,64,66H,1,39-40H2/t64?,66-/m1/s1. The molecule has 0 N–H and O–H groups in total. The molecule has 11 aromatic rings. The number of rotatable bonds is 6. The van der Waals surface area contributed by atoms with E-state index in [2.05, 4.69) is 241 Å². The zero-order chi connectivity index (χ0) is 48.7. The maximum atomic E-state index is 6.88. The Labute approximate surface area is 426 Å². The van der Waals surface area contributed by atoms with Crippen LogP contribution in [0.2, 0.25) is 0 Å². The quantitative estimate of drug-likeness (QED) is 0.167. The molecule has 10 bridgehead atoms. The van der Waals surface area contributed by atoms with Crippen LogP contribution in [0.15, 0.2) is 255 Å². The summed E-state index contributed by atoms with van der Waals surface area (Å²) in [5, 5.41) is 2.39. The minimum atomic E-state index is -0.0361. The molecule has 1 aliphatic carbocycles. The predicted molar refractivity (Wildman–Crippen MR) is 303 cm³/mol. The molecule has 9 aromatic carbocycles. The molecule has 2 aromatic heterocycles. The number of anilines is 2. The minimum Gasteiger partial charge on any atom is -0.488 e. The number of hydrogen-bond acceptors (Lipinski definition) is 4. The van der Waals surface area contributed by atoms with Gasteiger partial charge < -0.3 is 14.2 Å². The van der Waals surface area contributed by atoms with E-state index in [-0.39, 0.29) is 12.1 Å². The molecule has 1 fully saturated rings. The van der Waals surface area contributed by atoms with E-state index in [0.717, 1.165) is 114 Å². The first-order chi connectivity index (χ1) is 36.1. The van der Waals surface area contributed by atoms with Gasteiger partial charge in [0.2, 0.25) is 0 Å². The first kappa shape index (κ1) is 43.7. The van der Waals surface area contributed by atoms with Crippen molar-refractivity contribution in [3.63, 3.8) is 0 Å². The molecule has 0 amide bonds. The molecular weight excluding hydrogens is 889 g/mol. The molecule has 2 aliphatic heterocycles. The lowest BCUT2D eigenvalue weighted by atomic mass is 9.86. The highest BCUT2D eigenvalue weighted by Crippen LogP contribution is 2.45. The molecule has 1 unspecified atom stereocenters. The van der Waals surface area contributed by atoms with Gasteiger partial charge in [-0.05, 0) is 119 Å². The van der Waals surface area contributed by atoms with Gasteiger partial charge in [-0.15, -0.1) is 0 Å². The third-order valence-electron chi connectivity index (χ3n) is 14.5. The number of allylic oxidation sites excluding steroid dienone is 4. The Kier molecular flexibility index (Phi) is 11.2. The summed E-state index contributed by atoms with van der Waals surface area (Å²) >= 11 is 0. The molecule has 4 heterocycles. The van der Waals surface area contributed by atoms with Crippen molar-refractivity contribution in [3.8, 4) is 67.6 Å². The third kappa shape index (κ3) is 8.21. The SMILES string of the molecule is C=CC1=CC=Cc2cc(cc3c2c2ccccc2n3-c2ccccc2)N(C2CC[C@H]2Oc2ccccc2)c2cccc(c2)-c2ccccc2-c2cccc(c2)-c2nc(-c3ccccc3)cc(n2)-c2ccc1cc2. The zero-order valence-electron chi connectivity index (χ0n) is 40.2. The number of aromatic nitrogens is 3. The zero-order valence-corrected chi connectivity index (χ0v) is 40.2. The number of ether oxygens (including phenoxy) is 1. The van der Waals surface area contributed by atoms with Crippen LogP contribution in [0.25, 0.3) is 95.3 Å². The maximum absolute atomic E-state index is 6.88. The molecule has 14 rings (SSSR count). The van der Waals surface area contributed by atoms with Crippen molar-refractivity contribution in [1.82, 2.24) is 14.5 Å². The van der Waals surface area contributed by atoms with Crippen LogP contribution < -0.4 is 9.64 Å². The van der Waals surface area contributed by atoms with E-state index >= 15 is 0 Å². The van der Waals surface area contributed by atoms with E-state index < -0.39 is 0 Å². The van der Waals surface area contributed by atoms with Gasteiger partial charge >= 0.3 is 0 Å². The Morgan fingerprint density at radius 3 is 1.81 bits per heavy atom. The third-order valence-corrected chi connectivity index (χ3v) is 14.5. The molecule has 3 aliphatic rings. The highest BCUT2D eigenvalue weighted by Gasteiger charge is 2.39. The summed E-state index contributed by atoms with van der Waals surface area (Å²) in [4.78, 5) is 13.0. The second kappa shape index (κ2) is 18.8. The van der Waals surface area contributed by atoms with Crippen LogP contribution in [0.1, 0.15) is 24.0 Å². The topological polar surface area (TPSA) is 43.2 Å². The lowest BCUT2D eigenvalue weighted by Gasteiger charge is -2.45. The average Bonchev–Trinajstić information content (AvgIpc) is 3.79. The molecule has 0 spiro atoms. The van der Waals surface area contributed by atoms with E-state index in [4.69, 9.17) is 14.7 Å². The molecule has 0 radical (unpaired) electrons. The van der Waals surface area contributed by atoms with Gasteiger partial charge in [-0.3, -0.25) is 0 Å². The fourth-order valence-corrected chi connectivity index (χ4v) is 10.8. The summed E-state index contributed by atoms with van der Waals surface area (Å²) in [6, 6.07) is 82.2. The summed E-state index contributed by atoms with van der Waals surface area (Å²) in [7, 11) is 0. The molecule has 1 saturated carbocycles. The van der Waals surface area contributed by atoms with Gasteiger partial charge in [0.25, 0.3) is 0 Å². The van der Waals surface area contributed by atoms with Gasteiger partial charge in [0.1, 0.15) is 11.9 Å². The number of benzene rings is 9. The number of fused-ring (bicyclic) bond motifs is 6. The highest BCUT2D eigenvalue weighted by atomic mass is 16.5. The molecule has 2 atom stereocenters. The van der Waals surface area contributed by atoms with Crippen LogP contribution in [0.4, 0.5) is 11.4 Å². The normalized spacial score (nSPS) is 15.1. The van der Waals surface area contributed by atoms with Crippen molar-refractivity contribution < 1.29 is 4.74 Å². The van der Waals surface area contributed by atoms with Crippen LogP contribution in [0.3, 0.4) is 0 Å². The Bertz CT molecular complexity index is 3910. The molecule has 73 heavy (non-hydrogen) atoms. The molecule has 348 valence electrons. The van der Waals surface area contributed by atoms with Crippen molar-refractivity contribution in [2.24, 2.45) is 0 Å². The summed E-state index contributed by atoms with van der Waals surface area (Å²) < 4.78 is 9.30. The average molecular weight is 939 g/mol. The van der Waals surface area contributed by atoms with E-state index in [1.165, 1.54) is 10.8 Å². The van der Waals surface area contributed by atoms with Gasteiger partial charge in [0.15, 0.2) is 5.82 Å². The highest BCUT2D eigenvalue weighted by molar-refractivity contribution is 6.14. The van der Waals surface area contributed by atoms with Crippen molar-refractivity contribution in [2.45, 2.75) is 25.0 Å². The van der Waals surface area contributed by atoms with Gasteiger partial charge in [0, 0.05) is 44.5 Å². The van der Waals surface area contributed by atoms with E-state index in [0.29, 0.717) is 5.82 Å². The predicted octanol–water partition coefficient (Wildman–Crippen LogP) is 17.3. The second-order valence-electron chi connectivity index (χ2n) is 18.9. The van der Waals surface area contributed by atoms with E-state index in [1.807, 2.05) is 30.3 Å². The van der Waals surface area contributed by atoms with Gasteiger partial charge in [-0.25, -0.2) is 9.97 Å². The lowest BCUT2D eigenvalue weighted by molar-refractivity contribution is 0.0931.